The van der Waals surface area contributed by atoms with Gasteiger partial charge in [0, 0.05) is 23.9 Å². The van der Waals surface area contributed by atoms with Crippen LogP contribution >= 0.6 is 11.6 Å². The Morgan fingerprint density at radius 1 is 1.02 bits per heavy atom. The van der Waals surface area contributed by atoms with Gasteiger partial charge in [0.05, 0.1) is 32.0 Å². The normalized spacial score (nSPS) is 26.7. The highest BCUT2D eigenvalue weighted by Crippen LogP contribution is 2.52. The van der Waals surface area contributed by atoms with Crippen molar-refractivity contribution in [2.75, 3.05) is 26.1 Å². The molecule has 1 saturated heterocycles. The second kappa shape index (κ2) is 15.5. The highest BCUT2D eigenvalue weighted by molar-refractivity contribution is 6.36. The number of carbonyl (C=O) groups is 4. The number of likely N-dealkylation sites (tertiary alicyclic amines) is 1. The summed E-state index contributed by atoms with van der Waals surface area (Å²) in [7, 11) is 2.80. The predicted octanol–water partition coefficient (Wildman–Crippen LogP) is 6.12. The number of methoxy groups -OCH3 is 2. The maximum Gasteiger partial charge on any atom is 0.408 e. The fourth-order valence-corrected chi connectivity index (χ4v) is 8.77. The second-order valence-corrected chi connectivity index (χ2v) is 17.6. The topological polar surface area (TPSA) is 183 Å². The van der Waals surface area contributed by atoms with Crippen LogP contribution in [0.2, 0.25) is 5.02 Å². The van der Waals surface area contributed by atoms with Gasteiger partial charge < -0.3 is 44.2 Å². The summed E-state index contributed by atoms with van der Waals surface area (Å²) in [5, 5.41) is 9.76. The molecule has 0 unspecified atom stereocenters. The van der Waals surface area contributed by atoms with Crippen molar-refractivity contribution in [3.63, 3.8) is 0 Å². The highest BCUT2D eigenvalue weighted by Gasteiger charge is 2.62. The van der Waals surface area contributed by atoms with Crippen molar-refractivity contribution in [2.24, 2.45) is 23.2 Å². The van der Waals surface area contributed by atoms with Gasteiger partial charge >= 0.3 is 12.1 Å². The molecule has 0 spiro atoms. The maximum absolute atomic E-state index is 14.7. The number of carbonyl (C=O) groups excluding carboxylic acids is 4. The van der Waals surface area contributed by atoms with E-state index in [0.29, 0.717) is 64.5 Å². The molecule has 3 N–H and O–H groups in total. The van der Waals surface area contributed by atoms with Crippen molar-refractivity contribution in [3.05, 3.63) is 29.5 Å². The Kier molecular flexibility index (Phi) is 11.0. The summed E-state index contributed by atoms with van der Waals surface area (Å²) in [6.45, 7) is 11.4. The van der Waals surface area contributed by atoms with Crippen LogP contribution in [-0.4, -0.2) is 95.4 Å². The molecule has 0 radical (unpaired) electrons. The molecule has 8 atom stereocenters. The number of nitrogens with one attached hydrogen (secondary N) is 3. The van der Waals surface area contributed by atoms with Gasteiger partial charge in [-0.3, -0.25) is 9.59 Å². The summed E-state index contributed by atoms with van der Waals surface area (Å²) in [6, 6.07) is 3.49. The number of nitrogens with zero attached hydrogens (tertiary/aromatic N) is 3. The number of ether oxygens (including phenoxy) is 4. The van der Waals surface area contributed by atoms with E-state index in [9.17, 15) is 19.2 Å². The number of hydrogen-bond acceptors (Lipinski definition) is 12. The molecular weight excluding hydrogens is 756 g/mol. The molecule has 15 nitrogen and oxygen atoms in total. The number of rotatable bonds is 13. The lowest BCUT2D eigenvalue weighted by Crippen LogP contribution is -2.59. The minimum Gasteiger partial charge on any atom is -0.495 e. The Labute approximate surface area is 337 Å². The van der Waals surface area contributed by atoms with Crippen LogP contribution in [0.5, 0.6) is 11.5 Å². The van der Waals surface area contributed by atoms with Gasteiger partial charge in [-0.15, -0.1) is 0 Å². The van der Waals surface area contributed by atoms with Crippen LogP contribution in [0.15, 0.2) is 28.9 Å². The molecule has 308 valence electrons. The lowest BCUT2D eigenvalue weighted by molar-refractivity contribution is -0.148. The zero-order valence-corrected chi connectivity index (χ0v) is 34.5. The summed E-state index contributed by atoms with van der Waals surface area (Å²) in [5.74, 6) is 0.370. The molecule has 1 aromatic carbocycles. The fourth-order valence-electron chi connectivity index (χ4n) is 8.49. The number of alkyl carbamates (subject to hydrolysis) is 1. The summed E-state index contributed by atoms with van der Waals surface area (Å²) in [5.41, 5.74) is -0.734. The molecule has 0 bridgehead atoms. The zero-order valence-electron chi connectivity index (χ0n) is 33.8. The van der Waals surface area contributed by atoms with Crippen molar-refractivity contribution in [1.29, 1.82) is 0 Å². The van der Waals surface area contributed by atoms with E-state index in [2.05, 4.69) is 20.9 Å². The highest BCUT2D eigenvalue weighted by atomic mass is 35.5. The fraction of sp³-hybridized carbons (Fsp3) is 0.610. The molecular formula is C41H53ClN6O9. The minimum absolute atomic E-state index is 0.00982. The Bertz CT molecular complexity index is 2040. The molecule has 4 fully saturated rings. The summed E-state index contributed by atoms with van der Waals surface area (Å²) in [6.07, 6.45) is 3.90. The number of esters is 1. The number of hydrogen-bond donors (Lipinski definition) is 3. The maximum atomic E-state index is 14.7. The largest absolute Gasteiger partial charge is 0.495 e. The van der Waals surface area contributed by atoms with Crippen LogP contribution in [0.25, 0.3) is 22.3 Å². The average Bonchev–Trinajstić information content (AvgIpc) is 3.82. The number of amides is 3. The number of pyridine rings is 1. The molecule has 1 aliphatic heterocycles. The van der Waals surface area contributed by atoms with Crippen LogP contribution in [0, 0.1) is 23.2 Å². The average molecular weight is 809 g/mol. The second-order valence-electron chi connectivity index (χ2n) is 17.3. The third kappa shape index (κ3) is 8.17. The van der Waals surface area contributed by atoms with Crippen LogP contribution in [0.4, 0.5) is 10.8 Å². The molecule has 3 heterocycles. The third-order valence-corrected chi connectivity index (χ3v) is 12.1. The molecule has 57 heavy (non-hydrogen) atoms. The van der Waals surface area contributed by atoms with Crippen LogP contribution in [0.1, 0.15) is 80.1 Å². The number of halogens is 1. The van der Waals surface area contributed by atoms with Crippen molar-refractivity contribution in [2.45, 2.75) is 116 Å². The summed E-state index contributed by atoms with van der Waals surface area (Å²) in [4.78, 5) is 66.2. The summed E-state index contributed by atoms with van der Waals surface area (Å²) >= 11 is 6.82. The number of anilines is 1. The first-order chi connectivity index (χ1) is 27.0. The van der Waals surface area contributed by atoms with Crippen molar-refractivity contribution >= 4 is 52.4 Å². The van der Waals surface area contributed by atoms with Gasteiger partial charge in [-0.25, -0.2) is 14.6 Å². The number of fused-ring (bicyclic) bond motifs is 2. The molecule has 4 aliphatic rings. The first-order valence-electron chi connectivity index (χ1n) is 19.8. The molecule has 3 saturated carbocycles. The summed E-state index contributed by atoms with van der Waals surface area (Å²) < 4.78 is 28.8. The van der Waals surface area contributed by atoms with E-state index < -0.39 is 53.0 Å². The van der Waals surface area contributed by atoms with E-state index in [1.54, 1.807) is 18.2 Å². The van der Waals surface area contributed by atoms with Gasteiger partial charge in [0.2, 0.25) is 11.8 Å². The van der Waals surface area contributed by atoms with E-state index in [1.165, 1.54) is 31.8 Å². The monoisotopic (exact) mass is 808 g/mol. The molecule has 3 aliphatic carbocycles. The van der Waals surface area contributed by atoms with Crippen LogP contribution < -0.4 is 25.4 Å². The van der Waals surface area contributed by atoms with Gasteiger partial charge in [-0.1, -0.05) is 45.7 Å². The molecule has 2 aromatic heterocycles. The Morgan fingerprint density at radius 2 is 1.75 bits per heavy atom. The first-order valence-corrected chi connectivity index (χ1v) is 20.2. The molecule has 3 aromatic rings. The van der Waals surface area contributed by atoms with E-state index in [-0.39, 0.29) is 36.1 Å². The quantitative estimate of drug-likeness (QED) is 0.169. The zero-order chi connectivity index (χ0) is 41.0. The van der Waals surface area contributed by atoms with Crippen molar-refractivity contribution in [3.8, 4) is 22.9 Å². The Morgan fingerprint density at radius 3 is 2.39 bits per heavy atom. The van der Waals surface area contributed by atoms with Crippen molar-refractivity contribution in [1.82, 2.24) is 25.5 Å². The number of benzene rings is 1. The van der Waals surface area contributed by atoms with Gasteiger partial charge in [-0.2, -0.15) is 4.98 Å². The minimum atomic E-state index is -1.19. The van der Waals surface area contributed by atoms with Crippen molar-refractivity contribution < 1.29 is 42.5 Å². The standard InChI is InChI=1S/C41H53ClN6O9/c1-9-23-17-41(23,37(51)54-8)47-35(49)29-15-25(18-48(29)36(50)34(40(4,5)6)46-39(52)57-24-13-21-12-22(21)14-24)56-31-16-27(28-19-55-38(45-28)43-20(2)3)44-33-26(31)10-11-30(53-7)32(33)42/h10-11,16,19-25,29,34H,9,12-15,17-18H2,1-8H3,(H,43,45)(H,46,52)(H,47,49)/t21-,22+,23-,24+,25-,29+,34-,41-/m1/s1. The third-order valence-electron chi connectivity index (χ3n) is 11.7. The number of aromatic nitrogens is 2. The van der Waals surface area contributed by atoms with Gasteiger partial charge in [0.25, 0.3) is 6.01 Å². The smallest absolute Gasteiger partial charge is 0.408 e. The Balaban J connectivity index is 1.20. The van der Waals surface area contributed by atoms with E-state index >= 15 is 0 Å². The lowest BCUT2D eigenvalue weighted by Gasteiger charge is -2.35. The molecule has 16 heteroatoms. The van der Waals surface area contributed by atoms with E-state index in [4.69, 9.17) is 39.9 Å². The lowest BCUT2D eigenvalue weighted by atomic mass is 9.85. The number of oxazole rings is 1. The van der Waals surface area contributed by atoms with Crippen LogP contribution in [-0.2, 0) is 23.9 Å². The van der Waals surface area contributed by atoms with Gasteiger partial charge in [0.1, 0.15) is 58.3 Å². The SMILES string of the molecule is CC[C@@H]1C[C@]1(NC(=O)[C@@H]1C[C@@H](Oc2cc(-c3coc(NC(C)C)n3)nc3c(Cl)c(OC)ccc23)CN1C(=O)[C@@H](NC(=O)O[C@@H]1C[C@@H]2C[C@@H]2C1)C(C)(C)C)C(=O)OC. The Hall–Kier alpha value is -4.79. The van der Waals surface area contributed by atoms with Gasteiger partial charge in [-0.05, 0) is 74.8 Å². The van der Waals surface area contributed by atoms with Crippen LogP contribution in [0.3, 0.4) is 0 Å². The van der Waals surface area contributed by atoms with Gasteiger partial charge in [0.15, 0.2) is 0 Å². The first kappa shape index (κ1) is 40.4. The molecule has 7 rings (SSSR count). The predicted molar refractivity (Wildman–Crippen MR) is 211 cm³/mol. The molecule has 3 amide bonds. The van der Waals surface area contributed by atoms with E-state index in [0.717, 1.165) is 12.8 Å². The van der Waals surface area contributed by atoms with E-state index in [1.807, 2.05) is 41.5 Å².